The summed E-state index contributed by atoms with van der Waals surface area (Å²) in [5.74, 6) is 0.596. The molecule has 3 N–H and O–H groups in total. The van der Waals surface area contributed by atoms with Gasteiger partial charge in [0.15, 0.2) is 5.82 Å². The number of benzene rings is 2. The van der Waals surface area contributed by atoms with Gasteiger partial charge in [-0.3, -0.25) is 0 Å². The van der Waals surface area contributed by atoms with E-state index < -0.39 is 5.97 Å². The lowest BCUT2D eigenvalue weighted by Crippen LogP contribution is -2.44. The zero-order chi connectivity index (χ0) is 23.5. The number of para-hydroxylation sites is 1. The van der Waals surface area contributed by atoms with Gasteiger partial charge in [0.05, 0.1) is 23.9 Å². The molecule has 9 heteroatoms. The molecule has 4 aromatic rings. The number of aromatic amines is 1. The summed E-state index contributed by atoms with van der Waals surface area (Å²) in [4.78, 5) is 29.4. The predicted octanol–water partition coefficient (Wildman–Crippen LogP) is 3.98. The van der Waals surface area contributed by atoms with Gasteiger partial charge in [0, 0.05) is 43.8 Å². The number of anilines is 5. The van der Waals surface area contributed by atoms with Crippen molar-refractivity contribution in [2.45, 2.75) is 0 Å². The number of esters is 1. The molecule has 0 aliphatic carbocycles. The molecule has 1 aliphatic heterocycles. The van der Waals surface area contributed by atoms with Crippen molar-refractivity contribution in [1.82, 2.24) is 19.9 Å². The number of carbonyl (C=O) groups excluding carboxylic acids is 1. The van der Waals surface area contributed by atoms with Crippen LogP contribution in [0.5, 0.6) is 0 Å². The van der Waals surface area contributed by atoms with Crippen LogP contribution in [-0.4, -0.2) is 66.2 Å². The van der Waals surface area contributed by atoms with E-state index in [1.54, 1.807) is 12.1 Å². The van der Waals surface area contributed by atoms with E-state index in [-0.39, 0.29) is 0 Å². The molecule has 3 heterocycles. The summed E-state index contributed by atoms with van der Waals surface area (Å²) in [6.45, 7) is 4.19. The Morgan fingerprint density at radius 1 is 0.971 bits per heavy atom. The van der Waals surface area contributed by atoms with Crippen molar-refractivity contribution in [3.8, 4) is 0 Å². The Balaban J connectivity index is 1.39. The normalized spacial score (nSPS) is 14.2. The Morgan fingerprint density at radius 3 is 2.50 bits per heavy atom. The van der Waals surface area contributed by atoms with Crippen LogP contribution in [0.2, 0.25) is 0 Å². The molecule has 174 valence electrons. The monoisotopic (exact) mass is 457 g/mol. The predicted molar refractivity (Wildman–Crippen MR) is 134 cm³/mol. The number of aromatic nitrogens is 3. The molecule has 1 fully saturated rings. The van der Waals surface area contributed by atoms with Gasteiger partial charge in [0.25, 0.3) is 0 Å². The Hall–Kier alpha value is -4.11. The van der Waals surface area contributed by atoms with Crippen molar-refractivity contribution < 1.29 is 9.53 Å². The molecule has 0 bridgehead atoms. The second-order valence-corrected chi connectivity index (χ2v) is 8.26. The Morgan fingerprint density at radius 2 is 1.74 bits per heavy atom. The first-order chi connectivity index (χ1) is 16.6. The number of ether oxygens (including phenoxy) is 1. The largest absolute Gasteiger partial charge is 0.465 e. The number of rotatable bonds is 6. The van der Waals surface area contributed by atoms with Crippen LogP contribution in [0.15, 0.2) is 60.8 Å². The highest BCUT2D eigenvalue weighted by atomic mass is 16.5. The van der Waals surface area contributed by atoms with Crippen molar-refractivity contribution in [1.29, 1.82) is 0 Å². The average Bonchev–Trinajstić information content (AvgIpc) is 3.34. The topological polar surface area (TPSA) is 98.4 Å². The molecule has 0 amide bonds. The van der Waals surface area contributed by atoms with E-state index in [2.05, 4.69) is 54.6 Å². The maximum atomic E-state index is 12.2. The third-order valence-corrected chi connectivity index (χ3v) is 5.98. The van der Waals surface area contributed by atoms with Crippen LogP contribution in [0.25, 0.3) is 11.0 Å². The second-order valence-electron chi connectivity index (χ2n) is 8.26. The van der Waals surface area contributed by atoms with Crippen molar-refractivity contribution >= 4 is 45.8 Å². The molecule has 0 spiro atoms. The number of fused-ring (bicyclic) bond motifs is 1. The van der Waals surface area contributed by atoms with Crippen LogP contribution in [0.4, 0.5) is 28.8 Å². The lowest BCUT2D eigenvalue weighted by atomic mass is 10.2. The van der Waals surface area contributed by atoms with Gasteiger partial charge in [-0.25, -0.2) is 9.78 Å². The van der Waals surface area contributed by atoms with E-state index in [0.717, 1.165) is 42.9 Å². The molecule has 0 atom stereocenters. The number of nitrogens with zero attached hydrogens (tertiary/aromatic N) is 4. The minimum absolute atomic E-state index is 0.418. The van der Waals surface area contributed by atoms with E-state index in [4.69, 9.17) is 4.74 Å². The maximum Gasteiger partial charge on any atom is 0.339 e. The van der Waals surface area contributed by atoms with E-state index in [1.807, 2.05) is 36.5 Å². The number of H-pyrrole nitrogens is 1. The maximum absolute atomic E-state index is 12.2. The Bertz CT molecular complexity index is 1290. The van der Waals surface area contributed by atoms with Gasteiger partial charge in [-0.1, -0.05) is 12.1 Å². The molecule has 1 aliphatic rings. The number of hydrogen-bond donors (Lipinski definition) is 3. The first-order valence-electron chi connectivity index (χ1n) is 11.2. The number of hydrogen-bond acceptors (Lipinski definition) is 8. The molecule has 0 radical (unpaired) electrons. The molecule has 0 unspecified atom stereocenters. The molecule has 2 aromatic carbocycles. The fraction of sp³-hybridized carbons (Fsp3) is 0.240. The third-order valence-electron chi connectivity index (χ3n) is 5.98. The molecule has 5 rings (SSSR count). The molecular formula is C25H27N7O2. The highest BCUT2D eigenvalue weighted by molar-refractivity contribution is 5.98. The van der Waals surface area contributed by atoms with E-state index in [0.29, 0.717) is 23.0 Å². The number of piperazine rings is 1. The summed E-state index contributed by atoms with van der Waals surface area (Å²) in [6.07, 6.45) is 1.81. The van der Waals surface area contributed by atoms with Gasteiger partial charge in [0.2, 0.25) is 5.95 Å². The van der Waals surface area contributed by atoms with Crippen molar-refractivity contribution in [2.75, 3.05) is 55.9 Å². The molecule has 0 saturated carbocycles. The Kier molecular flexibility index (Phi) is 6.01. The first-order valence-corrected chi connectivity index (χ1v) is 11.2. The number of methoxy groups -OCH3 is 1. The number of likely N-dealkylation sites (N-methyl/N-ethyl adjacent to an activating group) is 1. The average molecular weight is 458 g/mol. The van der Waals surface area contributed by atoms with Gasteiger partial charge in [0.1, 0.15) is 5.52 Å². The summed E-state index contributed by atoms with van der Waals surface area (Å²) in [6, 6.07) is 17.4. The van der Waals surface area contributed by atoms with Crippen LogP contribution in [0.1, 0.15) is 10.4 Å². The fourth-order valence-electron chi connectivity index (χ4n) is 4.05. The first kappa shape index (κ1) is 21.7. The number of carbonyl (C=O) groups is 1. The van der Waals surface area contributed by atoms with Crippen molar-refractivity contribution in [3.05, 3.63) is 66.4 Å². The van der Waals surface area contributed by atoms with Crippen LogP contribution in [-0.2, 0) is 4.74 Å². The highest BCUT2D eigenvalue weighted by Gasteiger charge is 2.16. The number of nitrogens with one attached hydrogen (secondary N) is 3. The van der Waals surface area contributed by atoms with Crippen LogP contribution in [0.3, 0.4) is 0 Å². The molecule has 34 heavy (non-hydrogen) atoms. The zero-order valence-corrected chi connectivity index (χ0v) is 19.2. The highest BCUT2D eigenvalue weighted by Crippen LogP contribution is 2.28. The smallest absolute Gasteiger partial charge is 0.339 e. The Labute approximate surface area is 197 Å². The molecule has 2 aromatic heterocycles. The zero-order valence-electron chi connectivity index (χ0n) is 19.2. The van der Waals surface area contributed by atoms with Crippen LogP contribution in [0, 0.1) is 0 Å². The minimum Gasteiger partial charge on any atom is -0.465 e. The summed E-state index contributed by atoms with van der Waals surface area (Å²) < 4.78 is 4.91. The fourth-order valence-corrected chi connectivity index (χ4v) is 4.05. The lowest BCUT2D eigenvalue weighted by Gasteiger charge is -2.34. The van der Waals surface area contributed by atoms with Crippen LogP contribution >= 0.6 is 0 Å². The van der Waals surface area contributed by atoms with Crippen molar-refractivity contribution in [3.63, 3.8) is 0 Å². The van der Waals surface area contributed by atoms with Gasteiger partial charge in [-0.15, -0.1) is 0 Å². The van der Waals surface area contributed by atoms with Gasteiger partial charge in [-0.2, -0.15) is 4.98 Å². The summed E-state index contributed by atoms with van der Waals surface area (Å²) in [7, 11) is 3.52. The third kappa shape index (κ3) is 4.51. The SMILES string of the molecule is COC(=O)c1ccccc1Nc1nc(Nc2ccc(N3CCN(C)CC3)cc2)nc2cc[nH]c12. The lowest BCUT2D eigenvalue weighted by molar-refractivity contribution is 0.0602. The van der Waals surface area contributed by atoms with Gasteiger partial charge >= 0.3 is 5.97 Å². The van der Waals surface area contributed by atoms with Gasteiger partial charge < -0.3 is 30.2 Å². The summed E-state index contributed by atoms with van der Waals surface area (Å²) >= 11 is 0. The van der Waals surface area contributed by atoms with E-state index in [9.17, 15) is 4.79 Å². The van der Waals surface area contributed by atoms with E-state index >= 15 is 0 Å². The minimum atomic E-state index is -0.418. The van der Waals surface area contributed by atoms with Crippen molar-refractivity contribution in [2.24, 2.45) is 0 Å². The quantitative estimate of drug-likeness (QED) is 0.374. The van der Waals surface area contributed by atoms with Crippen LogP contribution < -0.4 is 15.5 Å². The standard InChI is InChI=1S/C25H27N7O2/c1-31-13-15-32(16-14-31)18-9-7-17(8-10-18)27-25-29-21-11-12-26-22(21)23(30-25)28-20-6-4-3-5-19(20)24(33)34-2/h3-12,26H,13-16H2,1-2H3,(H2,27,28,29,30). The molecule has 9 nitrogen and oxygen atoms in total. The van der Waals surface area contributed by atoms with Gasteiger partial charge in [-0.05, 0) is 49.5 Å². The summed E-state index contributed by atoms with van der Waals surface area (Å²) in [5, 5.41) is 6.57. The second kappa shape index (κ2) is 9.40. The summed E-state index contributed by atoms with van der Waals surface area (Å²) in [5.41, 5.74) is 4.64. The van der Waals surface area contributed by atoms with E-state index in [1.165, 1.54) is 12.8 Å². The molecule has 1 saturated heterocycles. The molecular weight excluding hydrogens is 430 g/mol.